The minimum Gasteiger partial charge on any atom is -0.504 e. The van der Waals surface area contributed by atoms with Gasteiger partial charge in [0.1, 0.15) is 0 Å². The smallest absolute Gasteiger partial charge is 0.336 e. The van der Waals surface area contributed by atoms with Crippen LogP contribution < -0.4 is 4.90 Å². The zero-order valence-corrected chi connectivity index (χ0v) is 9.79. The fourth-order valence-corrected chi connectivity index (χ4v) is 1.62. The largest absolute Gasteiger partial charge is 0.504 e. The van der Waals surface area contributed by atoms with Gasteiger partial charge in [0.2, 0.25) is 5.91 Å². The van der Waals surface area contributed by atoms with Crippen molar-refractivity contribution in [3.05, 3.63) is 30.1 Å². The molecular formula is C12H12N2O4. The molecule has 0 fully saturated rings. The molecule has 1 aliphatic rings. The highest BCUT2D eigenvalue weighted by Gasteiger charge is 2.29. The molecule has 0 aliphatic carbocycles. The van der Waals surface area contributed by atoms with Crippen molar-refractivity contribution in [2.24, 2.45) is 0 Å². The van der Waals surface area contributed by atoms with Gasteiger partial charge in [-0.2, -0.15) is 0 Å². The van der Waals surface area contributed by atoms with E-state index in [0.717, 1.165) is 4.90 Å². The van der Waals surface area contributed by atoms with Gasteiger partial charge >= 0.3 is 5.97 Å². The first-order valence-corrected chi connectivity index (χ1v) is 5.47. The number of ether oxygens (including phenoxy) is 1. The Labute approximate surface area is 104 Å². The second-order valence-corrected chi connectivity index (χ2v) is 3.66. The molecule has 0 atom stereocenters. The molecule has 1 N–H and O–H groups in total. The number of pyridine rings is 1. The summed E-state index contributed by atoms with van der Waals surface area (Å²) < 4.78 is 4.82. The summed E-state index contributed by atoms with van der Waals surface area (Å²) in [7, 11) is 0. The van der Waals surface area contributed by atoms with E-state index in [0.29, 0.717) is 0 Å². The van der Waals surface area contributed by atoms with Crippen molar-refractivity contribution in [3.63, 3.8) is 0 Å². The molecule has 18 heavy (non-hydrogen) atoms. The number of esters is 1. The second kappa shape index (κ2) is 4.87. The third-order valence-corrected chi connectivity index (χ3v) is 2.43. The number of aromatic hydroxyl groups is 1. The number of carbonyl (C=O) groups excluding carboxylic acids is 2. The number of amides is 1. The number of nitrogens with zero attached hydrogens (tertiary/aromatic N) is 2. The zero-order chi connectivity index (χ0) is 13.1. The van der Waals surface area contributed by atoms with Crippen LogP contribution in [0, 0.1) is 0 Å². The molecule has 0 aromatic carbocycles. The van der Waals surface area contributed by atoms with Gasteiger partial charge in [0.05, 0.1) is 18.6 Å². The minimum absolute atomic E-state index is 0.0468. The van der Waals surface area contributed by atoms with E-state index in [1.54, 1.807) is 13.0 Å². The van der Waals surface area contributed by atoms with E-state index >= 15 is 0 Å². The van der Waals surface area contributed by atoms with Crippen LogP contribution in [0.3, 0.4) is 0 Å². The van der Waals surface area contributed by atoms with E-state index in [1.165, 1.54) is 18.5 Å². The lowest BCUT2D eigenvalue weighted by molar-refractivity contribution is -0.139. The van der Waals surface area contributed by atoms with Gasteiger partial charge in [0.15, 0.2) is 11.6 Å². The first-order valence-electron chi connectivity index (χ1n) is 5.47. The molecule has 2 heterocycles. The van der Waals surface area contributed by atoms with Gasteiger partial charge in [-0.3, -0.25) is 9.69 Å². The minimum atomic E-state index is -0.524. The first-order chi connectivity index (χ1) is 8.63. The average Bonchev–Trinajstić information content (AvgIpc) is 2.72. The molecule has 1 amide bonds. The first kappa shape index (κ1) is 12.1. The summed E-state index contributed by atoms with van der Waals surface area (Å²) in [5, 5.41) is 9.62. The lowest BCUT2D eigenvalue weighted by Gasteiger charge is -2.12. The number of hydrogen-bond acceptors (Lipinski definition) is 5. The van der Waals surface area contributed by atoms with Gasteiger partial charge in [0, 0.05) is 12.4 Å². The van der Waals surface area contributed by atoms with Crippen LogP contribution in [0.2, 0.25) is 0 Å². The van der Waals surface area contributed by atoms with E-state index in [2.05, 4.69) is 4.98 Å². The van der Waals surface area contributed by atoms with Crippen LogP contribution in [0.15, 0.2) is 30.1 Å². The number of hydrogen-bond donors (Lipinski definition) is 1. The Morgan fingerprint density at radius 2 is 2.39 bits per heavy atom. The molecule has 94 valence electrons. The van der Waals surface area contributed by atoms with Crippen molar-refractivity contribution < 1.29 is 19.4 Å². The number of anilines is 1. The van der Waals surface area contributed by atoms with Gasteiger partial charge in [-0.1, -0.05) is 0 Å². The Morgan fingerprint density at radius 3 is 3.06 bits per heavy atom. The lowest BCUT2D eigenvalue weighted by Crippen LogP contribution is -2.20. The van der Waals surface area contributed by atoms with Crippen molar-refractivity contribution >= 4 is 17.7 Å². The average molecular weight is 248 g/mol. The fourth-order valence-electron chi connectivity index (χ4n) is 1.62. The predicted octanol–water partition coefficient (Wildman–Crippen LogP) is 0.971. The molecule has 1 aromatic rings. The maximum absolute atomic E-state index is 11.8. The molecule has 0 radical (unpaired) electrons. The summed E-state index contributed by atoms with van der Waals surface area (Å²) in [6.45, 7) is 1.94. The van der Waals surface area contributed by atoms with Crippen molar-refractivity contribution in [1.29, 1.82) is 0 Å². The fraction of sp³-hybridized carbons (Fsp3) is 0.250. The third kappa shape index (κ3) is 2.17. The monoisotopic (exact) mass is 248 g/mol. The number of carbonyl (C=O) groups is 2. The molecule has 1 aromatic heterocycles. The summed E-state index contributed by atoms with van der Waals surface area (Å²) in [6, 6.07) is 2.97. The summed E-state index contributed by atoms with van der Waals surface area (Å²) in [5.41, 5.74) is 0.256. The van der Waals surface area contributed by atoms with E-state index in [-0.39, 0.29) is 36.1 Å². The number of rotatable bonds is 3. The Bertz CT molecular complexity index is 525. The van der Waals surface area contributed by atoms with Crippen LogP contribution >= 0.6 is 0 Å². The topological polar surface area (TPSA) is 79.7 Å². The highest BCUT2D eigenvalue weighted by molar-refractivity contribution is 6.07. The SMILES string of the molecule is CCOC(=O)C1=CN(c2ncccc2O)C(=O)C1. The van der Waals surface area contributed by atoms with E-state index in [9.17, 15) is 14.7 Å². The highest BCUT2D eigenvalue weighted by Crippen LogP contribution is 2.29. The van der Waals surface area contributed by atoms with Crippen molar-refractivity contribution in [3.8, 4) is 5.75 Å². The molecule has 6 heteroatoms. The Balaban J connectivity index is 2.27. The van der Waals surface area contributed by atoms with Crippen LogP contribution in [-0.2, 0) is 14.3 Å². The Kier molecular flexibility index (Phi) is 3.27. The van der Waals surface area contributed by atoms with Crippen LogP contribution in [-0.4, -0.2) is 28.6 Å². The Morgan fingerprint density at radius 1 is 1.61 bits per heavy atom. The molecule has 1 aliphatic heterocycles. The highest BCUT2D eigenvalue weighted by atomic mass is 16.5. The normalized spacial score (nSPS) is 14.6. The third-order valence-electron chi connectivity index (χ3n) is 2.43. The van der Waals surface area contributed by atoms with Crippen LogP contribution in [0.1, 0.15) is 13.3 Å². The van der Waals surface area contributed by atoms with Crippen molar-refractivity contribution in [2.45, 2.75) is 13.3 Å². The van der Waals surface area contributed by atoms with E-state index in [4.69, 9.17) is 4.74 Å². The van der Waals surface area contributed by atoms with Crippen LogP contribution in [0.5, 0.6) is 5.75 Å². The van der Waals surface area contributed by atoms with Crippen molar-refractivity contribution in [2.75, 3.05) is 11.5 Å². The van der Waals surface area contributed by atoms with Crippen LogP contribution in [0.25, 0.3) is 0 Å². The molecule has 0 saturated carbocycles. The molecule has 2 rings (SSSR count). The Hall–Kier alpha value is -2.37. The van der Waals surface area contributed by atoms with E-state index < -0.39 is 5.97 Å². The van der Waals surface area contributed by atoms with Gasteiger partial charge in [-0.05, 0) is 19.1 Å². The molecule has 0 bridgehead atoms. The van der Waals surface area contributed by atoms with Gasteiger partial charge in [0.25, 0.3) is 0 Å². The quantitative estimate of drug-likeness (QED) is 0.806. The molecule has 6 nitrogen and oxygen atoms in total. The summed E-state index contributed by atoms with van der Waals surface area (Å²) in [5.74, 6) is -0.857. The lowest BCUT2D eigenvalue weighted by atomic mass is 10.2. The molecule has 0 unspecified atom stereocenters. The van der Waals surface area contributed by atoms with Gasteiger partial charge < -0.3 is 9.84 Å². The van der Waals surface area contributed by atoms with Gasteiger partial charge in [-0.25, -0.2) is 9.78 Å². The van der Waals surface area contributed by atoms with Crippen molar-refractivity contribution in [1.82, 2.24) is 4.98 Å². The van der Waals surface area contributed by atoms with Crippen LogP contribution in [0.4, 0.5) is 5.82 Å². The second-order valence-electron chi connectivity index (χ2n) is 3.66. The summed E-state index contributed by atoms with van der Waals surface area (Å²) in [4.78, 5) is 28.3. The number of aromatic nitrogens is 1. The van der Waals surface area contributed by atoms with E-state index in [1.807, 2.05) is 0 Å². The summed E-state index contributed by atoms with van der Waals surface area (Å²) in [6.07, 6.45) is 2.76. The maximum atomic E-state index is 11.8. The maximum Gasteiger partial charge on any atom is 0.336 e. The predicted molar refractivity (Wildman–Crippen MR) is 62.7 cm³/mol. The molecule has 0 spiro atoms. The zero-order valence-electron chi connectivity index (χ0n) is 9.79. The molecule has 0 saturated heterocycles. The molecular weight excluding hydrogens is 236 g/mol. The van der Waals surface area contributed by atoms with Gasteiger partial charge in [-0.15, -0.1) is 0 Å². The standard InChI is InChI=1S/C12H12N2O4/c1-2-18-12(17)8-6-10(16)14(7-8)11-9(15)4-3-5-13-11/h3-5,7,15H,2,6H2,1H3. The summed E-state index contributed by atoms with van der Waals surface area (Å²) >= 11 is 0.